The van der Waals surface area contributed by atoms with E-state index in [0.717, 1.165) is 63.0 Å². The maximum absolute atomic E-state index is 6.28. The maximum atomic E-state index is 6.28. The second kappa shape index (κ2) is 11.4. The van der Waals surface area contributed by atoms with Gasteiger partial charge in [-0.3, -0.25) is 4.99 Å². The molecule has 0 fully saturated rings. The van der Waals surface area contributed by atoms with Crippen molar-refractivity contribution in [3.63, 3.8) is 0 Å². The van der Waals surface area contributed by atoms with Gasteiger partial charge in [-0.05, 0) is 88.0 Å². The van der Waals surface area contributed by atoms with Gasteiger partial charge in [0.05, 0.1) is 16.7 Å². The standard InChI is InChI=1S/C48H33N3O/c1-2-12-32(13-3-1)40-29-41(50-48(49-40)34-20-25-39-38-16-8-9-17-44(38)52-45(39)28-34)33-18-23-35(24-19-33)51-42-26-21-30-10-4-6-14-36(30)46(42)47-37-15-7-5-11-31(37)22-27-43(47)51/h2,4-29,48-49H,1,3H2. The molecule has 11 rings (SSSR count). The third-order valence-corrected chi connectivity index (χ3v) is 10.8. The number of rotatable bonds is 4. The van der Waals surface area contributed by atoms with Gasteiger partial charge in [0.25, 0.3) is 0 Å². The number of furan rings is 1. The second-order valence-electron chi connectivity index (χ2n) is 13.9. The Morgan fingerprint density at radius 3 is 2.00 bits per heavy atom. The molecule has 4 heteroatoms. The highest BCUT2D eigenvalue weighted by atomic mass is 16.3. The fraction of sp³-hybridized carbons (Fsp3) is 0.0625. The Kier molecular flexibility index (Phi) is 6.41. The van der Waals surface area contributed by atoms with Crippen LogP contribution in [-0.2, 0) is 0 Å². The van der Waals surface area contributed by atoms with E-state index < -0.39 is 0 Å². The molecule has 0 spiro atoms. The molecule has 3 heterocycles. The molecular weight excluding hydrogens is 635 g/mol. The lowest BCUT2D eigenvalue weighted by Gasteiger charge is -2.26. The Morgan fingerprint density at radius 1 is 0.615 bits per heavy atom. The monoisotopic (exact) mass is 667 g/mol. The molecule has 1 aliphatic carbocycles. The fourth-order valence-electron chi connectivity index (χ4n) is 8.35. The van der Waals surface area contributed by atoms with E-state index in [2.05, 4.69) is 162 Å². The Morgan fingerprint density at radius 2 is 1.29 bits per heavy atom. The number of aromatic nitrogens is 1. The molecule has 0 amide bonds. The van der Waals surface area contributed by atoms with Crippen LogP contribution >= 0.6 is 0 Å². The van der Waals surface area contributed by atoms with Crippen LogP contribution in [0.1, 0.15) is 30.1 Å². The summed E-state index contributed by atoms with van der Waals surface area (Å²) in [6.07, 6.45) is 10.8. The molecule has 1 N–H and O–H groups in total. The first-order valence-electron chi connectivity index (χ1n) is 18.1. The normalized spacial score (nSPS) is 16.2. The van der Waals surface area contributed by atoms with Crippen molar-refractivity contribution >= 4 is 71.0 Å². The van der Waals surface area contributed by atoms with Gasteiger partial charge in [0.1, 0.15) is 17.3 Å². The molecule has 52 heavy (non-hydrogen) atoms. The minimum atomic E-state index is -0.262. The second-order valence-corrected chi connectivity index (χ2v) is 13.9. The summed E-state index contributed by atoms with van der Waals surface area (Å²) in [5.74, 6) is 0. The summed E-state index contributed by atoms with van der Waals surface area (Å²) in [5.41, 5.74) is 10.7. The average molecular weight is 668 g/mol. The van der Waals surface area contributed by atoms with Gasteiger partial charge in [-0.2, -0.15) is 0 Å². The molecule has 1 aliphatic heterocycles. The van der Waals surface area contributed by atoms with Crippen LogP contribution in [0.25, 0.3) is 71.0 Å². The number of hydrogen-bond acceptors (Lipinski definition) is 3. The Hall–Kier alpha value is -6.65. The highest BCUT2D eigenvalue weighted by Crippen LogP contribution is 2.41. The topological polar surface area (TPSA) is 42.5 Å². The van der Waals surface area contributed by atoms with E-state index in [-0.39, 0.29) is 6.17 Å². The number of para-hydroxylation sites is 1. The predicted octanol–water partition coefficient (Wildman–Crippen LogP) is 12.2. The van der Waals surface area contributed by atoms with Gasteiger partial charge < -0.3 is 14.3 Å². The quantitative estimate of drug-likeness (QED) is 0.203. The molecule has 9 aromatic rings. The van der Waals surface area contributed by atoms with Crippen molar-refractivity contribution < 1.29 is 4.42 Å². The Labute approximate surface area is 300 Å². The van der Waals surface area contributed by atoms with Gasteiger partial charge in [0, 0.05) is 38.5 Å². The van der Waals surface area contributed by atoms with Crippen LogP contribution in [0.5, 0.6) is 0 Å². The zero-order valence-corrected chi connectivity index (χ0v) is 28.4. The van der Waals surface area contributed by atoms with Crippen molar-refractivity contribution in [1.29, 1.82) is 0 Å². The highest BCUT2D eigenvalue weighted by molar-refractivity contribution is 6.28. The van der Waals surface area contributed by atoms with Crippen LogP contribution < -0.4 is 5.32 Å². The third kappa shape index (κ3) is 4.51. The lowest BCUT2D eigenvalue weighted by Crippen LogP contribution is -2.26. The lowest BCUT2D eigenvalue weighted by molar-refractivity contribution is 0.621. The highest BCUT2D eigenvalue weighted by Gasteiger charge is 2.22. The van der Waals surface area contributed by atoms with E-state index in [9.17, 15) is 0 Å². The molecule has 7 aromatic carbocycles. The summed E-state index contributed by atoms with van der Waals surface area (Å²) in [6.45, 7) is 0. The number of fused-ring (bicyclic) bond motifs is 10. The van der Waals surface area contributed by atoms with Gasteiger partial charge in [-0.1, -0.05) is 121 Å². The molecule has 2 aromatic heterocycles. The lowest BCUT2D eigenvalue weighted by atomic mass is 9.98. The number of nitrogens with zero attached hydrogens (tertiary/aromatic N) is 2. The average Bonchev–Trinajstić information content (AvgIpc) is 3.77. The van der Waals surface area contributed by atoms with Crippen molar-refractivity contribution in [3.8, 4) is 5.69 Å². The van der Waals surface area contributed by atoms with Crippen LogP contribution in [0.3, 0.4) is 0 Å². The van der Waals surface area contributed by atoms with Crippen LogP contribution in [0.2, 0.25) is 0 Å². The van der Waals surface area contributed by atoms with Crippen molar-refractivity contribution in [2.24, 2.45) is 4.99 Å². The Balaban J connectivity index is 1.05. The first-order valence-corrected chi connectivity index (χ1v) is 18.1. The van der Waals surface area contributed by atoms with E-state index >= 15 is 0 Å². The van der Waals surface area contributed by atoms with Crippen LogP contribution in [0, 0.1) is 0 Å². The first-order chi connectivity index (χ1) is 25.8. The van der Waals surface area contributed by atoms with Crippen LogP contribution in [0.4, 0.5) is 0 Å². The van der Waals surface area contributed by atoms with Crippen LogP contribution in [0.15, 0.2) is 185 Å². The molecule has 246 valence electrons. The van der Waals surface area contributed by atoms with Gasteiger partial charge in [0.2, 0.25) is 0 Å². The van der Waals surface area contributed by atoms with Crippen molar-refractivity contribution in [3.05, 3.63) is 186 Å². The number of allylic oxidation sites excluding steroid dienone is 4. The zero-order chi connectivity index (χ0) is 34.2. The fourth-order valence-corrected chi connectivity index (χ4v) is 8.35. The molecule has 1 atom stereocenters. The summed E-state index contributed by atoms with van der Waals surface area (Å²) in [7, 11) is 0. The molecule has 1 unspecified atom stereocenters. The summed E-state index contributed by atoms with van der Waals surface area (Å²) in [5, 5.41) is 13.6. The van der Waals surface area contributed by atoms with E-state index in [1.165, 1.54) is 48.9 Å². The largest absolute Gasteiger partial charge is 0.456 e. The summed E-state index contributed by atoms with van der Waals surface area (Å²) >= 11 is 0. The van der Waals surface area contributed by atoms with Crippen molar-refractivity contribution in [1.82, 2.24) is 9.88 Å². The molecule has 2 aliphatic rings. The van der Waals surface area contributed by atoms with Crippen molar-refractivity contribution in [2.75, 3.05) is 0 Å². The van der Waals surface area contributed by atoms with E-state index in [1.54, 1.807) is 0 Å². The number of hydrogen-bond donors (Lipinski definition) is 1. The smallest absolute Gasteiger partial charge is 0.145 e. The summed E-state index contributed by atoms with van der Waals surface area (Å²) < 4.78 is 8.70. The molecule has 0 saturated heterocycles. The molecular formula is C48H33N3O. The van der Waals surface area contributed by atoms with Gasteiger partial charge >= 0.3 is 0 Å². The van der Waals surface area contributed by atoms with Gasteiger partial charge in [-0.15, -0.1) is 0 Å². The predicted molar refractivity (Wildman–Crippen MR) is 216 cm³/mol. The summed E-state index contributed by atoms with van der Waals surface area (Å²) in [4.78, 5) is 5.32. The Bertz CT molecular complexity index is 2950. The molecule has 0 radical (unpaired) electrons. The van der Waals surface area contributed by atoms with E-state index in [4.69, 9.17) is 9.41 Å². The molecule has 0 bridgehead atoms. The SMILES string of the molecule is C1=CC(C2=CC(c3ccc(-n4c5ccc6ccccc6c5c5c6ccccc6ccc54)cc3)=NC(c3ccc4c(c3)oc3ccccc34)N2)=CCC1. The van der Waals surface area contributed by atoms with Gasteiger partial charge in [0.15, 0.2) is 0 Å². The number of nitrogens with one attached hydrogen (secondary N) is 1. The molecule has 4 nitrogen and oxygen atoms in total. The number of benzene rings is 7. The zero-order valence-electron chi connectivity index (χ0n) is 28.4. The number of aliphatic imine (C=N–C) groups is 1. The van der Waals surface area contributed by atoms with E-state index in [1.807, 2.05) is 12.1 Å². The van der Waals surface area contributed by atoms with E-state index in [0.29, 0.717) is 0 Å². The summed E-state index contributed by atoms with van der Waals surface area (Å²) in [6, 6.07) is 50.1. The first kappa shape index (κ1) is 29.1. The van der Waals surface area contributed by atoms with Crippen LogP contribution in [-0.4, -0.2) is 10.3 Å². The minimum absolute atomic E-state index is 0.262. The molecule has 0 saturated carbocycles. The van der Waals surface area contributed by atoms with Crippen molar-refractivity contribution in [2.45, 2.75) is 19.0 Å². The minimum Gasteiger partial charge on any atom is -0.456 e. The van der Waals surface area contributed by atoms with Gasteiger partial charge in [-0.25, -0.2) is 0 Å². The maximum Gasteiger partial charge on any atom is 0.145 e. The third-order valence-electron chi connectivity index (χ3n) is 10.8.